The van der Waals surface area contributed by atoms with Crippen LogP contribution in [0.5, 0.6) is 0 Å². The van der Waals surface area contributed by atoms with Crippen molar-refractivity contribution in [2.75, 3.05) is 13.7 Å². The molecule has 94 valence electrons. The zero-order valence-electron chi connectivity index (χ0n) is 9.56. The third kappa shape index (κ3) is 3.14. The van der Waals surface area contributed by atoms with Gasteiger partial charge in [0.1, 0.15) is 11.0 Å². The maximum atomic E-state index is 11.7. The number of esters is 1. The van der Waals surface area contributed by atoms with Gasteiger partial charge in [0.2, 0.25) is 4.47 Å². The van der Waals surface area contributed by atoms with Gasteiger partial charge in [0.15, 0.2) is 0 Å². The zero-order chi connectivity index (χ0) is 12.3. The predicted molar refractivity (Wildman–Crippen MR) is 65.0 cm³/mol. The van der Waals surface area contributed by atoms with Crippen LogP contribution in [0.25, 0.3) is 0 Å². The van der Waals surface area contributed by atoms with E-state index in [1.54, 1.807) is 0 Å². The summed E-state index contributed by atoms with van der Waals surface area (Å²) in [6.45, 7) is 1.50. The molecule has 0 saturated carbocycles. The summed E-state index contributed by atoms with van der Waals surface area (Å²) >= 11 is 7.09. The smallest absolute Gasteiger partial charge is 0.323 e. The molecule has 0 N–H and O–H groups in total. The first kappa shape index (κ1) is 12.7. The first-order chi connectivity index (χ1) is 8.20. The topological polar surface area (TPSA) is 55.3 Å². The van der Waals surface area contributed by atoms with E-state index in [0.717, 1.165) is 30.8 Å². The summed E-state index contributed by atoms with van der Waals surface area (Å²) in [6.07, 6.45) is 3.01. The minimum absolute atomic E-state index is 0.156. The number of rotatable bonds is 3. The Hall–Kier alpha value is -0.720. The van der Waals surface area contributed by atoms with Gasteiger partial charge in [-0.15, -0.1) is 10.2 Å². The van der Waals surface area contributed by atoms with Crippen molar-refractivity contribution in [3.63, 3.8) is 0 Å². The molecule has 0 amide bonds. The second-order valence-electron chi connectivity index (χ2n) is 3.95. The highest BCUT2D eigenvalue weighted by molar-refractivity contribution is 7.15. The number of ether oxygens (including phenoxy) is 1. The Bertz CT molecular complexity index is 399. The summed E-state index contributed by atoms with van der Waals surface area (Å²) in [7, 11) is 1.43. The van der Waals surface area contributed by atoms with Crippen molar-refractivity contribution < 1.29 is 9.53 Å². The SMILES string of the molecule is COC(=O)[C@H]1CCCCN1Cc1nnc(Cl)s1. The van der Waals surface area contributed by atoms with Crippen LogP contribution in [0.4, 0.5) is 0 Å². The lowest BCUT2D eigenvalue weighted by Crippen LogP contribution is -2.44. The van der Waals surface area contributed by atoms with Crippen LogP contribution in [0.2, 0.25) is 4.47 Å². The van der Waals surface area contributed by atoms with Crippen molar-refractivity contribution in [3.05, 3.63) is 9.47 Å². The summed E-state index contributed by atoms with van der Waals surface area (Å²) in [6, 6.07) is -0.156. The molecule has 0 unspecified atom stereocenters. The van der Waals surface area contributed by atoms with Gasteiger partial charge in [-0.05, 0) is 31.0 Å². The molecule has 1 aromatic heterocycles. The van der Waals surface area contributed by atoms with E-state index in [1.165, 1.54) is 18.4 Å². The fourth-order valence-electron chi connectivity index (χ4n) is 2.05. The monoisotopic (exact) mass is 275 g/mol. The molecule has 1 fully saturated rings. The first-order valence-corrected chi connectivity index (χ1v) is 6.70. The van der Waals surface area contributed by atoms with Gasteiger partial charge in [-0.3, -0.25) is 9.69 Å². The highest BCUT2D eigenvalue weighted by atomic mass is 35.5. The van der Waals surface area contributed by atoms with Crippen LogP contribution >= 0.6 is 22.9 Å². The van der Waals surface area contributed by atoms with Crippen LogP contribution in [0.15, 0.2) is 0 Å². The molecule has 7 heteroatoms. The van der Waals surface area contributed by atoms with E-state index in [1.807, 2.05) is 0 Å². The Balaban J connectivity index is 2.03. The minimum Gasteiger partial charge on any atom is -0.468 e. The van der Waals surface area contributed by atoms with E-state index in [4.69, 9.17) is 16.3 Å². The molecule has 0 aromatic carbocycles. The fourth-order valence-corrected chi connectivity index (χ4v) is 2.95. The second kappa shape index (κ2) is 5.75. The average Bonchev–Trinajstić information content (AvgIpc) is 2.74. The first-order valence-electron chi connectivity index (χ1n) is 5.50. The number of halogens is 1. The van der Waals surface area contributed by atoms with Gasteiger partial charge in [-0.1, -0.05) is 17.8 Å². The molecule has 1 atom stereocenters. The lowest BCUT2D eigenvalue weighted by Gasteiger charge is -2.32. The summed E-state index contributed by atoms with van der Waals surface area (Å²) in [5.41, 5.74) is 0. The van der Waals surface area contributed by atoms with Crippen molar-refractivity contribution in [2.45, 2.75) is 31.8 Å². The third-order valence-corrected chi connectivity index (χ3v) is 3.87. The fraction of sp³-hybridized carbons (Fsp3) is 0.700. The number of carbonyl (C=O) groups excluding carboxylic acids is 1. The van der Waals surface area contributed by atoms with E-state index < -0.39 is 0 Å². The Kier molecular flexibility index (Phi) is 4.31. The number of carbonyl (C=O) groups is 1. The van der Waals surface area contributed by atoms with Crippen molar-refractivity contribution in [1.82, 2.24) is 15.1 Å². The molecule has 1 aliphatic rings. The lowest BCUT2D eigenvalue weighted by atomic mass is 10.0. The molecule has 1 aliphatic heterocycles. The number of aromatic nitrogens is 2. The van der Waals surface area contributed by atoms with Gasteiger partial charge in [0.25, 0.3) is 0 Å². The predicted octanol–water partition coefficient (Wildman–Crippen LogP) is 1.72. The molecule has 0 spiro atoms. The van der Waals surface area contributed by atoms with Gasteiger partial charge >= 0.3 is 5.97 Å². The van der Waals surface area contributed by atoms with Crippen LogP contribution < -0.4 is 0 Å². The van der Waals surface area contributed by atoms with Gasteiger partial charge in [-0.2, -0.15) is 0 Å². The van der Waals surface area contributed by atoms with Crippen LogP contribution in [0.3, 0.4) is 0 Å². The molecule has 17 heavy (non-hydrogen) atoms. The number of hydrogen-bond acceptors (Lipinski definition) is 6. The zero-order valence-corrected chi connectivity index (χ0v) is 11.1. The van der Waals surface area contributed by atoms with Crippen LogP contribution in [-0.2, 0) is 16.1 Å². The van der Waals surface area contributed by atoms with Gasteiger partial charge in [0.05, 0.1) is 13.7 Å². The van der Waals surface area contributed by atoms with Crippen LogP contribution in [0.1, 0.15) is 24.3 Å². The van der Waals surface area contributed by atoms with Gasteiger partial charge in [0, 0.05) is 0 Å². The van der Waals surface area contributed by atoms with Gasteiger partial charge < -0.3 is 4.74 Å². The number of piperidine rings is 1. The molecule has 0 aliphatic carbocycles. The van der Waals surface area contributed by atoms with E-state index in [0.29, 0.717) is 11.0 Å². The maximum Gasteiger partial charge on any atom is 0.323 e. The van der Waals surface area contributed by atoms with E-state index in [-0.39, 0.29) is 12.0 Å². The Labute approximate surface area is 109 Å². The van der Waals surface area contributed by atoms with E-state index >= 15 is 0 Å². The number of hydrogen-bond donors (Lipinski definition) is 0. The number of likely N-dealkylation sites (tertiary alicyclic amines) is 1. The molecule has 5 nitrogen and oxygen atoms in total. The molecule has 0 radical (unpaired) electrons. The van der Waals surface area contributed by atoms with Crippen molar-refractivity contribution in [2.24, 2.45) is 0 Å². The summed E-state index contributed by atoms with van der Waals surface area (Å²) in [4.78, 5) is 13.7. The maximum absolute atomic E-state index is 11.7. The summed E-state index contributed by atoms with van der Waals surface area (Å²) < 4.78 is 5.26. The normalized spacial score (nSPS) is 21.4. The third-order valence-electron chi connectivity index (χ3n) is 2.87. The molecule has 0 bridgehead atoms. The summed E-state index contributed by atoms with van der Waals surface area (Å²) in [5, 5.41) is 8.57. The molecular formula is C10H14ClN3O2S. The average molecular weight is 276 g/mol. The molecular weight excluding hydrogens is 262 g/mol. The molecule has 1 aromatic rings. The Morgan fingerprint density at radius 3 is 3.06 bits per heavy atom. The molecule has 1 saturated heterocycles. The number of nitrogens with zero attached hydrogens (tertiary/aromatic N) is 3. The number of methoxy groups -OCH3 is 1. The van der Waals surface area contributed by atoms with Crippen molar-refractivity contribution >= 4 is 28.9 Å². The highest BCUT2D eigenvalue weighted by Crippen LogP contribution is 2.23. The largest absolute Gasteiger partial charge is 0.468 e. The Morgan fingerprint density at radius 1 is 1.59 bits per heavy atom. The minimum atomic E-state index is -0.166. The highest BCUT2D eigenvalue weighted by Gasteiger charge is 2.30. The molecule has 2 rings (SSSR count). The second-order valence-corrected chi connectivity index (χ2v) is 5.60. The molecule has 2 heterocycles. The standard InChI is InChI=1S/C10H14ClN3O2S/c1-16-9(15)7-4-2-3-5-14(7)6-8-12-13-10(11)17-8/h7H,2-6H2,1H3/t7-/m1/s1. The Morgan fingerprint density at radius 2 is 2.41 bits per heavy atom. The van der Waals surface area contributed by atoms with Crippen molar-refractivity contribution in [1.29, 1.82) is 0 Å². The van der Waals surface area contributed by atoms with Gasteiger partial charge in [-0.25, -0.2) is 0 Å². The van der Waals surface area contributed by atoms with Crippen LogP contribution in [-0.4, -0.2) is 40.8 Å². The quantitative estimate of drug-likeness (QED) is 0.786. The lowest BCUT2D eigenvalue weighted by molar-refractivity contribution is -0.148. The van der Waals surface area contributed by atoms with E-state index in [9.17, 15) is 4.79 Å². The van der Waals surface area contributed by atoms with Crippen LogP contribution in [0, 0.1) is 0 Å². The van der Waals surface area contributed by atoms with E-state index in [2.05, 4.69) is 15.1 Å². The van der Waals surface area contributed by atoms with Crippen molar-refractivity contribution in [3.8, 4) is 0 Å². The summed E-state index contributed by atoms with van der Waals surface area (Å²) in [5.74, 6) is -0.166.